The van der Waals surface area contributed by atoms with Crippen LogP contribution in [0.25, 0.3) is 10.4 Å². The molecule has 0 fully saturated rings. The minimum Gasteiger partial charge on any atom is -0.480 e. The van der Waals surface area contributed by atoms with Crippen LogP contribution >= 0.6 is 11.3 Å². The number of nitrogens with two attached hydrogens (primary N) is 1. The van der Waals surface area contributed by atoms with Crippen molar-refractivity contribution in [1.29, 1.82) is 0 Å². The van der Waals surface area contributed by atoms with Gasteiger partial charge >= 0.3 is 5.97 Å². The number of rotatable bonds is 7. The molecule has 2 rings (SSSR count). The van der Waals surface area contributed by atoms with Gasteiger partial charge in [-0.3, -0.25) is 14.4 Å². The molecule has 0 radical (unpaired) electrons. The molecule has 2 amide bonds. The van der Waals surface area contributed by atoms with E-state index in [1.54, 1.807) is 13.0 Å². The summed E-state index contributed by atoms with van der Waals surface area (Å²) in [5.41, 5.74) is 6.64. The Balaban J connectivity index is 2.20. The Morgan fingerprint density at radius 3 is 2.32 bits per heavy atom. The van der Waals surface area contributed by atoms with Crippen molar-refractivity contribution in [1.82, 2.24) is 5.32 Å². The standard InChI is InChI=1S/C17H19N3O4S/c1-9(15(22)19-10(2)17(23)24)20-16-12(14(18)21)8-13(25-16)11-6-4-3-5-7-11/h3-10,20H,1-2H3,(H2,18,21)(H,19,22)(H,23,24). The van der Waals surface area contributed by atoms with Crippen molar-refractivity contribution in [2.75, 3.05) is 5.32 Å². The lowest BCUT2D eigenvalue weighted by molar-refractivity contribution is -0.141. The summed E-state index contributed by atoms with van der Waals surface area (Å²) in [7, 11) is 0. The fraction of sp³-hybridized carbons (Fsp3) is 0.235. The quantitative estimate of drug-likeness (QED) is 0.600. The topological polar surface area (TPSA) is 122 Å². The Morgan fingerprint density at radius 1 is 1.12 bits per heavy atom. The average Bonchev–Trinajstić information content (AvgIpc) is 2.99. The van der Waals surface area contributed by atoms with Gasteiger partial charge in [-0.15, -0.1) is 11.3 Å². The van der Waals surface area contributed by atoms with E-state index in [0.717, 1.165) is 10.4 Å². The van der Waals surface area contributed by atoms with Crippen LogP contribution < -0.4 is 16.4 Å². The van der Waals surface area contributed by atoms with E-state index in [4.69, 9.17) is 10.8 Å². The highest BCUT2D eigenvalue weighted by Gasteiger charge is 2.22. The fourth-order valence-electron chi connectivity index (χ4n) is 2.09. The first-order valence-electron chi connectivity index (χ1n) is 7.58. The SMILES string of the molecule is CC(NC(=O)C(C)Nc1sc(-c2ccccc2)cc1C(N)=O)C(=O)O. The van der Waals surface area contributed by atoms with Crippen molar-refractivity contribution >= 4 is 34.1 Å². The normalized spacial score (nSPS) is 12.9. The van der Waals surface area contributed by atoms with Crippen LogP contribution in [0.1, 0.15) is 24.2 Å². The number of carbonyl (C=O) groups excluding carboxylic acids is 2. The molecule has 7 nitrogen and oxygen atoms in total. The molecule has 2 unspecified atom stereocenters. The highest BCUT2D eigenvalue weighted by molar-refractivity contribution is 7.19. The van der Waals surface area contributed by atoms with Crippen molar-refractivity contribution < 1.29 is 19.5 Å². The van der Waals surface area contributed by atoms with Crippen LogP contribution in [0.5, 0.6) is 0 Å². The van der Waals surface area contributed by atoms with Crippen LogP contribution in [0.4, 0.5) is 5.00 Å². The third-order valence-corrected chi connectivity index (χ3v) is 4.64. The van der Waals surface area contributed by atoms with Gasteiger partial charge in [0.25, 0.3) is 5.91 Å². The summed E-state index contributed by atoms with van der Waals surface area (Å²) in [6.45, 7) is 2.96. The smallest absolute Gasteiger partial charge is 0.325 e. The minimum atomic E-state index is -1.12. The number of carbonyl (C=O) groups is 3. The first-order chi connectivity index (χ1) is 11.8. The number of benzene rings is 1. The zero-order chi connectivity index (χ0) is 18.6. The molecule has 0 aliphatic heterocycles. The monoisotopic (exact) mass is 361 g/mol. The molecule has 2 aromatic rings. The second kappa shape index (κ2) is 7.80. The summed E-state index contributed by atoms with van der Waals surface area (Å²) < 4.78 is 0. The van der Waals surface area contributed by atoms with Gasteiger partial charge in [0.1, 0.15) is 17.1 Å². The zero-order valence-electron chi connectivity index (χ0n) is 13.8. The Labute approximate surface area is 148 Å². The number of amides is 2. The first-order valence-corrected chi connectivity index (χ1v) is 8.40. The summed E-state index contributed by atoms with van der Waals surface area (Å²) in [5, 5.41) is 14.6. The van der Waals surface area contributed by atoms with Gasteiger partial charge in [0.05, 0.1) is 5.56 Å². The van der Waals surface area contributed by atoms with Gasteiger partial charge in [-0.05, 0) is 25.5 Å². The van der Waals surface area contributed by atoms with E-state index in [1.807, 2.05) is 30.3 Å². The predicted octanol–water partition coefficient (Wildman–Crippen LogP) is 1.90. The molecular formula is C17H19N3O4S. The lowest BCUT2D eigenvalue weighted by Crippen LogP contribution is -2.45. The molecule has 1 heterocycles. The second-order valence-electron chi connectivity index (χ2n) is 5.52. The first kappa shape index (κ1) is 18.5. The van der Waals surface area contributed by atoms with Crippen LogP contribution in [0, 0.1) is 0 Å². The molecule has 0 spiro atoms. The lowest BCUT2D eigenvalue weighted by Gasteiger charge is -2.16. The van der Waals surface area contributed by atoms with Gasteiger partial charge in [-0.2, -0.15) is 0 Å². The maximum Gasteiger partial charge on any atom is 0.325 e. The van der Waals surface area contributed by atoms with Crippen LogP contribution in [-0.2, 0) is 9.59 Å². The molecule has 25 heavy (non-hydrogen) atoms. The summed E-state index contributed by atoms with van der Waals surface area (Å²) in [6.07, 6.45) is 0. The third kappa shape index (κ3) is 4.57. The van der Waals surface area contributed by atoms with Crippen LogP contribution in [0.15, 0.2) is 36.4 Å². The lowest BCUT2D eigenvalue weighted by atomic mass is 10.1. The van der Waals surface area contributed by atoms with Gasteiger partial charge in [0.2, 0.25) is 5.91 Å². The number of hydrogen-bond acceptors (Lipinski definition) is 5. The average molecular weight is 361 g/mol. The van der Waals surface area contributed by atoms with E-state index >= 15 is 0 Å². The molecule has 0 saturated carbocycles. The fourth-order valence-corrected chi connectivity index (χ4v) is 3.24. The number of carboxylic acid groups (broad SMARTS) is 1. The summed E-state index contributed by atoms with van der Waals surface area (Å²) in [4.78, 5) is 35.4. The van der Waals surface area contributed by atoms with Crippen molar-refractivity contribution in [3.8, 4) is 10.4 Å². The van der Waals surface area contributed by atoms with Crippen LogP contribution in [0.2, 0.25) is 0 Å². The Bertz CT molecular complexity index is 788. The molecule has 132 valence electrons. The van der Waals surface area contributed by atoms with E-state index in [0.29, 0.717) is 5.00 Å². The number of hydrogen-bond donors (Lipinski definition) is 4. The number of aliphatic carboxylic acids is 1. The number of primary amides is 1. The zero-order valence-corrected chi connectivity index (χ0v) is 14.6. The van der Waals surface area contributed by atoms with Gasteiger partial charge in [0.15, 0.2) is 0 Å². The number of carboxylic acids is 1. The van der Waals surface area contributed by atoms with Gasteiger partial charge < -0.3 is 21.5 Å². The Morgan fingerprint density at radius 2 is 1.76 bits per heavy atom. The molecule has 2 atom stereocenters. The highest BCUT2D eigenvalue weighted by atomic mass is 32.1. The molecule has 0 saturated heterocycles. The molecular weight excluding hydrogens is 342 g/mol. The number of nitrogens with one attached hydrogen (secondary N) is 2. The van der Waals surface area contributed by atoms with E-state index in [-0.39, 0.29) is 5.56 Å². The van der Waals surface area contributed by atoms with E-state index in [1.165, 1.54) is 18.3 Å². The predicted molar refractivity (Wildman–Crippen MR) is 96.6 cm³/mol. The van der Waals surface area contributed by atoms with E-state index < -0.39 is 29.9 Å². The molecule has 5 N–H and O–H groups in total. The van der Waals surface area contributed by atoms with Gasteiger partial charge in [-0.1, -0.05) is 30.3 Å². The molecule has 0 aliphatic carbocycles. The molecule has 1 aromatic heterocycles. The van der Waals surface area contributed by atoms with E-state index in [2.05, 4.69) is 10.6 Å². The number of thiophene rings is 1. The molecule has 1 aromatic carbocycles. The number of anilines is 1. The van der Waals surface area contributed by atoms with E-state index in [9.17, 15) is 14.4 Å². The van der Waals surface area contributed by atoms with Crippen molar-refractivity contribution in [3.63, 3.8) is 0 Å². The minimum absolute atomic E-state index is 0.287. The summed E-state index contributed by atoms with van der Waals surface area (Å²) in [6, 6.07) is 9.41. The second-order valence-corrected chi connectivity index (χ2v) is 6.57. The maximum atomic E-state index is 12.1. The molecule has 8 heteroatoms. The van der Waals surface area contributed by atoms with Crippen LogP contribution in [0.3, 0.4) is 0 Å². The van der Waals surface area contributed by atoms with Crippen LogP contribution in [-0.4, -0.2) is 35.0 Å². The molecule has 0 aliphatic rings. The summed E-state index contributed by atoms with van der Waals surface area (Å²) >= 11 is 1.30. The summed E-state index contributed by atoms with van der Waals surface area (Å²) in [5.74, 6) is -2.21. The third-order valence-electron chi connectivity index (χ3n) is 3.53. The van der Waals surface area contributed by atoms with Crippen molar-refractivity contribution in [2.45, 2.75) is 25.9 Å². The maximum absolute atomic E-state index is 12.1. The largest absolute Gasteiger partial charge is 0.480 e. The van der Waals surface area contributed by atoms with Crippen molar-refractivity contribution in [3.05, 3.63) is 42.0 Å². The van der Waals surface area contributed by atoms with Gasteiger partial charge in [0, 0.05) is 4.88 Å². The Kier molecular flexibility index (Phi) is 5.76. The Hall–Kier alpha value is -2.87. The van der Waals surface area contributed by atoms with Crippen molar-refractivity contribution in [2.24, 2.45) is 5.73 Å². The molecule has 0 bridgehead atoms. The van der Waals surface area contributed by atoms with Gasteiger partial charge in [-0.25, -0.2) is 0 Å². The highest BCUT2D eigenvalue weighted by Crippen LogP contribution is 2.35.